The minimum atomic E-state index is -4.21. The number of ether oxygens (including phenoxy) is 1. The fraction of sp³-hybridized carbons (Fsp3) is 0.267. The van der Waals surface area contributed by atoms with Crippen LogP contribution in [-0.2, 0) is 15.8 Å². The number of imidazole rings is 1. The SMILES string of the molecule is CC(Cn1cnc2c(Sc3ccccc3)nc(N)nc21)OCP(=O)(O)O. The Bertz CT molecular complexity index is 946. The maximum Gasteiger partial charge on any atom is 0.350 e. The number of rotatable bonds is 7. The molecule has 1 aromatic carbocycles. The second kappa shape index (κ2) is 7.73. The lowest BCUT2D eigenvalue weighted by atomic mass is 10.4. The predicted molar refractivity (Wildman–Crippen MR) is 97.8 cm³/mol. The summed E-state index contributed by atoms with van der Waals surface area (Å²) in [5.41, 5.74) is 6.99. The van der Waals surface area contributed by atoms with Gasteiger partial charge in [0, 0.05) is 4.90 Å². The smallest absolute Gasteiger partial charge is 0.350 e. The van der Waals surface area contributed by atoms with Crippen LogP contribution in [0, 0.1) is 0 Å². The third-order valence-electron chi connectivity index (χ3n) is 3.39. The van der Waals surface area contributed by atoms with Gasteiger partial charge in [-0.05, 0) is 19.1 Å². The fourth-order valence-corrected chi connectivity index (χ4v) is 3.64. The van der Waals surface area contributed by atoms with Crippen LogP contribution in [-0.4, -0.2) is 41.8 Å². The molecule has 0 aliphatic carbocycles. The first-order valence-corrected chi connectivity index (χ1v) is 10.3. The zero-order chi connectivity index (χ0) is 18.7. The molecule has 0 saturated heterocycles. The Morgan fingerprint density at radius 1 is 1.31 bits per heavy atom. The molecule has 138 valence electrons. The van der Waals surface area contributed by atoms with E-state index in [9.17, 15) is 4.57 Å². The van der Waals surface area contributed by atoms with Gasteiger partial charge in [0.2, 0.25) is 5.95 Å². The lowest BCUT2D eigenvalue weighted by Gasteiger charge is -2.14. The first kappa shape index (κ1) is 18.8. The summed E-state index contributed by atoms with van der Waals surface area (Å²) in [5, 5.41) is 0.640. The molecule has 9 nitrogen and oxygen atoms in total. The third kappa shape index (κ3) is 4.80. The summed E-state index contributed by atoms with van der Waals surface area (Å²) >= 11 is 1.44. The lowest BCUT2D eigenvalue weighted by Crippen LogP contribution is -2.17. The molecule has 1 atom stereocenters. The Morgan fingerprint density at radius 3 is 2.73 bits per heavy atom. The molecular weight excluding hydrogens is 377 g/mol. The highest BCUT2D eigenvalue weighted by molar-refractivity contribution is 7.99. The third-order valence-corrected chi connectivity index (χ3v) is 4.86. The van der Waals surface area contributed by atoms with Gasteiger partial charge in [0.1, 0.15) is 16.9 Å². The van der Waals surface area contributed by atoms with Crippen molar-refractivity contribution >= 4 is 36.5 Å². The normalized spacial score (nSPS) is 13.2. The first-order chi connectivity index (χ1) is 12.3. The monoisotopic (exact) mass is 395 g/mol. The van der Waals surface area contributed by atoms with Gasteiger partial charge in [0.15, 0.2) is 5.65 Å². The van der Waals surface area contributed by atoms with E-state index in [4.69, 9.17) is 20.3 Å². The van der Waals surface area contributed by atoms with Crippen molar-refractivity contribution in [3.05, 3.63) is 36.7 Å². The number of fused-ring (bicyclic) bond motifs is 1. The quantitative estimate of drug-likeness (QED) is 0.406. The molecule has 0 amide bonds. The minimum Gasteiger partial charge on any atom is -0.368 e. The second-order valence-corrected chi connectivity index (χ2v) is 8.29. The fourth-order valence-electron chi connectivity index (χ4n) is 2.29. The summed E-state index contributed by atoms with van der Waals surface area (Å²) in [6.45, 7) is 2.04. The second-order valence-electron chi connectivity index (χ2n) is 5.64. The van der Waals surface area contributed by atoms with Crippen LogP contribution in [0.5, 0.6) is 0 Å². The number of anilines is 1. The van der Waals surface area contributed by atoms with E-state index in [1.807, 2.05) is 30.3 Å². The molecule has 26 heavy (non-hydrogen) atoms. The number of hydrogen-bond donors (Lipinski definition) is 3. The van der Waals surface area contributed by atoms with Crippen molar-refractivity contribution in [3.63, 3.8) is 0 Å². The molecule has 4 N–H and O–H groups in total. The lowest BCUT2D eigenvalue weighted by molar-refractivity contribution is 0.0764. The van der Waals surface area contributed by atoms with E-state index in [-0.39, 0.29) is 5.95 Å². The van der Waals surface area contributed by atoms with Crippen LogP contribution in [0.4, 0.5) is 5.95 Å². The van der Waals surface area contributed by atoms with Gasteiger partial charge in [-0.1, -0.05) is 30.0 Å². The van der Waals surface area contributed by atoms with Crippen molar-refractivity contribution < 1.29 is 19.1 Å². The molecule has 0 aliphatic rings. The zero-order valence-corrected chi connectivity index (χ0v) is 15.6. The van der Waals surface area contributed by atoms with Gasteiger partial charge in [-0.25, -0.2) is 9.97 Å². The zero-order valence-electron chi connectivity index (χ0n) is 13.9. The van der Waals surface area contributed by atoms with Crippen LogP contribution in [0.25, 0.3) is 11.2 Å². The van der Waals surface area contributed by atoms with Gasteiger partial charge in [0.25, 0.3) is 0 Å². The summed E-state index contributed by atoms with van der Waals surface area (Å²) in [7, 11) is -4.21. The molecule has 0 spiro atoms. The number of nitrogens with two attached hydrogens (primary N) is 1. The van der Waals surface area contributed by atoms with Crippen LogP contribution in [0.3, 0.4) is 0 Å². The number of nitrogens with zero attached hydrogens (tertiary/aromatic N) is 4. The van der Waals surface area contributed by atoms with Crippen LogP contribution in [0.1, 0.15) is 6.92 Å². The number of aromatic nitrogens is 4. The van der Waals surface area contributed by atoms with Crippen LogP contribution in [0.15, 0.2) is 46.6 Å². The largest absolute Gasteiger partial charge is 0.368 e. The molecule has 0 saturated carbocycles. The van der Waals surface area contributed by atoms with Crippen LogP contribution < -0.4 is 5.73 Å². The highest BCUT2D eigenvalue weighted by atomic mass is 32.2. The Hall–Kier alpha value is -1.97. The van der Waals surface area contributed by atoms with Gasteiger partial charge in [-0.2, -0.15) is 4.98 Å². The standard InChI is InChI=1S/C15H18N5O4PS/c1-10(24-9-25(21,22)23)7-20-8-17-12-13(20)18-15(16)19-14(12)26-11-5-3-2-4-6-11/h2-6,8,10H,7,9H2,1H3,(H2,16,18,19)(H2,21,22,23). The molecule has 1 unspecified atom stereocenters. The molecule has 2 aromatic heterocycles. The van der Waals surface area contributed by atoms with E-state index in [0.717, 1.165) is 4.90 Å². The molecule has 3 aromatic rings. The van der Waals surface area contributed by atoms with Crippen molar-refractivity contribution in [1.82, 2.24) is 19.5 Å². The van der Waals surface area contributed by atoms with Gasteiger partial charge in [0.05, 0.1) is 19.0 Å². The molecule has 11 heteroatoms. The average Bonchev–Trinajstić information content (AvgIpc) is 2.96. The first-order valence-electron chi connectivity index (χ1n) is 7.69. The molecule has 0 bridgehead atoms. The Kier molecular flexibility index (Phi) is 5.59. The molecule has 0 radical (unpaired) electrons. The Morgan fingerprint density at radius 2 is 2.04 bits per heavy atom. The molecule has 0 fully saturated rings. The molecule has 0 aliphatic heterocycles. The maximum absolute atomic E-state index is 10.9. The number of nitrogen functional groups attached to an aromatic ring is 1. The van der Waals surface area contributed by atoms with Crippen LogP contribution in [0.2, 0.25) is 0 Å². The van der Waals surface area contributed by atoms with Gasteiger partial charge in [-0.3, -0.25) is 4.57 Å². The summed E-state index contributed by atoms with van der Waals surface area (Å²) < 4.78 is 17.8. The molecule has 2 heterocycles. The summed E-state index contributed by atoms with van der Waals surface area (Å²) in [5.74, 6) is 0.126. The van der Waals surface area contributed by atoms with E-state index in [1.54, 1.807) is 17.8 Å². The van der Waals surface area contributed by atoms with Crippen LogP contribution >= 0.6 is 19.4 Å². The van der Waals surface area contributed by atoms with Crippen molar-refractivity contribution in [3.8, 4) is 0 Å². The molecule has 3 rings (SSSR count). The summed E-state index contributed by atoms with van der Waals surface area (Å²) in [6, 6.07) is 9.72. The maximum atomic E-state index is 10.9. The van der Waals surface area contributed by atoms with Crippen molar-refractivity contribution in [2.75, 3.05) is 12.1 Å². The number of benzene rings is 1. The van der Waals surface area contributed by atoms with E-state index in [2.05, 4.69) is 15.0 Å². The van der Waals surface area contributed by atoms with E-state index in [1.165, 1.54) is 11.8 Å². The van der Waals surface area contributed by atoms with E-state index < -0.39 is 20.0 Å². The van der Waals surface area contributed by atoms with Crippen molar-refractivity contribution in [2.24, 2.45) is 0 Å². The average molecular weight is 395 g/mol. The number of hydrogen-bond acceptors (Lipinski definition) is 7. The Labute approximate surface area is 153 Å². The highest BCUT2D eigenvalue weighted by Gasteiger charge is 2.18. The van der Waals surface area contributed by atoms with Crippen molar-refractivity contribution in [1.29, 1.82) is 0 Å². The Balaban J connectivity index is 1.84. The van der Waals surface area contributed by atoms with Gasteiger partial charge in [-0.15, -0.1) is 0 Å². The summed E-state index contributed by atoms with van der Waals surface area (Å²) in [6.07, 6.45) is 0.513. The topological polar surface area (TPSA) is 136 Å². The highest BCUT2D eigenvalue weighted by Crippen LogP contribution is 2.34. The minimum absolute atomic E-state index is 0.126. The van der Waals surface area contributed by atoms with Gasteiger partial charge < -0.3 is 24.8 Å². The summed E-state index contributed by atoms with van der Waals surface area (Å²) in [4.78, 5) is 31.7. The predicted octanol–water partition coefficient (Wildman–Crippen LogP) is 2.10. The van der Waals surface area contributed by atoms with E-state index >= 15 is 0 Å². The van der Waals surface area contributed by atoms with Gasteiger partial charge >= 0.3 is 7.60 Å². The van der Waals surface area contributed by atoms with Crippen molar-refractivity contribution in [2.45, 2.75) is 29.5 Å². The van der Waals surface area contributed by atoms with E-state index in [0.29, 0.717) is 22.7 Å². The molecular formula is C15H18N5O4PS.